The van der Waals surface area contributed by atoms with Crippen LogP contribution in [0.5, 0.6) is 5.75 Å². The van der Waals surface area contributed by atoms with Gasteiger partial charge in [-0.25, -0.2) is 0 Å². The normalized spacial score (nSPS) is 11.5. The largest absolute Gasteiger partial charge is 0.491 e. The van der Waals surface area contributed by atoms with E-state index in [0.29, 0.717) is 24.6 Å². The first-order valence-corrected chi connectivity index (χ1v) is 6.60. The molecule has 0 saturated carbocycles. The zero-order valence-corrected chi connectivity index (χ0v) is 12.8. The standard InChI is InChI=1S/C14H23N3O3/c1-6-15-11-7-12(17(18)19)9-13(8-11)20-10-14(2,3)16(4)5/h7-9,15H,6,10H2,1-5H3. The highest BCUT2D eigenvalue weighted by Crippen LogP contribution is 2.27. The summed E-state index contributed by atoms with van der Waals surface area (Å²) in [5, 5.41) is 14.0. The van der Waals surface area contributed by atoms with Crippen molar-refractivity contribution in [3.63, 3.8) is 0 Å². The Balaban J connectivity index is 2.91. The zero-order chi connectivity index (χ0) is 15.3. The van der Waals surface area contributed by atoms with Gasteiger partial charge in [0.1, 0.15) is 12.4 Å². The van der Waals surface area contributed by atoms with Gasteiger partial charge in [-0.2, -0.15) is 0 Å². The Morgan fingerprint density at radius 1 is 1.35 bits per heavy atom. The Kier molecular flexibility index (Phi) is 5.33. The number of anilines is 1. The third-order valence-corrected chi connectivity index (χ3v) is 3.29. The SMILES string of the molecule is CCNc1cc(OCC(C)(C)N(C)C)cc([N+](=O)[O-])c1. The number of benzene rings is 1. The highest BCUT2D eigenvalue weighted by molar-refractivity contribution is 5.56. The number of nitro groups is 1. The van der Waals surface area contributed by atoms with Gasteiger partial charge >= 0.3 is 0 Å². The minimum atomic E-state index is -0.412. The third-order valence-electron chi connectivity index (χ3n) is 3.29. The summed E-state index contributed by atoms with van der Waals surface area (Å²) in [7, 11) is 3.95. The van der Waals surface area contributed by atoms with E-state index >= 15 is 0 Å². The average Bonchev–Trinajstić information content (AvgIpc) is 2.36. The number of hydrogen-bond donors (Lipinski definition) is 1. The molecule has 0 radical (unpaired) electrons. The summed E-state index contributed by atoms with van der Waals surface area (Å²) in [5.41, 5.74) is 0.573. The molecule has 1 rings (SSSR count). The Morgan fingerprint density at radius 3 is 2.50 bits per heavy atom. The van der Waals surface area contributed by atoms with Crippen molar-refractivity contribution in [2.75, 3.05) is 32.6 Å². The first kappa shape index (κ1) is 16.2. The Hall–Kier alpha value is -1.82. The minimum Gasteiger partial charge on any atom is -0.491 e. The number of rotatable bonds is 7. The highest BCUT2D eigenvalue weighted by atomic mass is 16.6. The predicted molar refractivity (Wildman–Crippen MR) is 80.5 cm³/mol. The highest BCUT2D eigenvalue weighted by Gasteiger charge is 2.22. The van der Waals surface area contributed by atoms with E-state index in [1.807, 2.05) is 21.0 Å². The Bertz CT molecular complexity index is 473. The van der Waals surface area contributed by atoms with Crippen LogP contribution in [-0.4, -0.2) is 42.6 Å². The molecular weight excluding hydrogens is 258 g/mol. The summed E-state index contributed by atoms with van der Waals surface area (Å²) < 4.78 is 5.72. The molecule has 0 aliphatic carbocycles. The van der Waals surface area contributed by atoms with Gasteiger partial charge in [0.2, 0.25) is 0 Å². The maximum absolute atomic E-state index is 10.9. The summed E-state index contributed by atoms with van der Waals surface area (Å²) in [6.07, 6.45) is 0. The van der Waals surface area contributed by atoms with Crippen LogP contribution >= 0.6 is 0 Å². The second-order valence-electron chi connectivity index (χ2n) is 5.50. The van der Waals surface area contributed by atoms with Gasteiger partial charge in [-0.15, -0.1) is 0 Å². The maximum Gasteiger partial charge on any atom is 0.275 e. The topological polar surface area (TPSA) is 67.6 Å². The minimum absolute atomic E-state index is 0.0288. The van der Waals surface area contributed by atoms with E-state index in [2.05, 4.69) is 24.1 Å². The molecule has 1 N–H and O–H groups in total. The van der Waals surface area contributed by atoms with Crippen molar-refractivity contribution in [3.8, 4) is 5.75 Å². The lowest BCUT2D eigenvalue weighted by molar-refractivity contribution is -0.384. The fraction of sp³-hybridized carbons (Fsp3) is 0.571. The third kappa shape index (κ3) is 4.38. The smallest absolute Gasteiger partial charge is 0.275 e. The Morgan fingerprint density at radius 2 is 2.00 bits per heavy atom. The molecule has 0 aromatic heterocycles. The van der Waals surface area contributed by atoms with Crippen molar-refractivity contribution in [1.82, 2.24) is 4.90 Å². The number of nitrogens with zero attached hydrogens (tertiary/aromatic N) is 2. The van der Waals surface area contributed by atoms with Gasteiger partial charge in [0.05, 0.1) is 11.0 Å². The molecule has 112 valence electrons. The molecule has 0 aliphatic rings. The molecule has 1 aromatic carbocycles. The van der Waals surface area contributed by atoms with Crippen molar-refractivity contribution in [3.05, 3.63) is 28.3 Å². The van der Waals surface area contributed by atoms with Crippen LogP contribution in [0.3, 0.4) is 0 Å². The summed E-state index contributed by atoms with van der Waals surface area (Å²) in [6.45, 7) is 7.19. The number of likely N-dealkylation sites (N-methyl/N-ethyl adjacent to an activating group) is 1. The summed E-state index contributed by atoms with van der Waals surface area (Å²) in [4.78, 5) is 12.6. The van der Waals surface area contributed by atoms with Gasteiger partial charge in [0.15, 0.2) is 0 Å². The second-order valence-corrected chi connectivity index (χ2v) is 5.50. The molecule has 6 heteroatoms. The number of ether oxygens (including phenoxy) is 1. The number of hydrogen-bond acceptors (Lipinski definition) is 5. The molecule has 6 nitrogen and oxygen atoms in total. The van der Waals surface area contributed by atoms with E-state index in [1.165, 1.54) is 12.1 Å². The molecule has 0 bridgehead atoms. The monoisotopic (exact) mass is 281 g/mol. The van der Waals surface area contributed by atoms with E-state index < -0.39 is 4.92 Å². The van der Waals surface area contributed by atoms with Gasteiger partial charge in [-0.05, 0) is 34.9 Å². The van der Waals surface area contributed by atoms with Gasteiger partial charge in [-0.3, -0.25) is 10.1 Å². The lowest BCUT2D eigenvalue weighted by Gasteiger charge is -2.32. The van der Waals surface area contributed by atoms with Crippen LogP contribution in [-0.2, 0) is 0 Å². The first-order valence-electron chi connectivity index (χ1n) is 6.60. The molecule has 0 heterocycles. The van der Waals surface area contributed by atoms with Crippen LogP contribution in [0.15, 0.2) is 18.2 Å². The summed E-state index contributed by atoms with van der Waals surface area (Å²) in [6, 6.07) is 4.74. The van der Waals surface area contributed by atoms with E-state index in [-0.39, 0.29) is 11.2 Å². The molecule has 0 fully saturated rings. The van der Waals surface area contributed by atoms with Crippen molar-refractivity contribution >= 4 is 11.4 Å². The number of nitrogens with one attached hydrogen (secondary N) is 1. The van der Waals surface area contributed by atoms with Crippen molar-refractivity contribution in [2.45, 2.75) is 26.3 Å². The lowest BCUT2D eigenvalue weighted by Crippen LogP contribution is -2.43. The molecule has 0 amide bonds. The summed E-state index contributed by atoms with van der Waals surface area (Å²) in [5.74, 6) is 0.505. The molecule has 0 aliphatic heterocycles. The Labute approximate surface area is 119 Å². The van der Waals surface area contributed by atoms with Gasteiger partial charge < -0.3 is 15.0 Å². The van der Waals surface area contributed by atoms with E-state index in [1.54, 1.807) is 6.07 Å². The first-order chi connectivity index (χ1) is 9.26. The van der Waals surface area contributed by atoms with E-state index in [9.17, 15) is 10.1 Å². The van der Waals surface area contributed by atoms with Gasteiger partial charge in [0, 0.05) is 29.9 Å². The van der Waals surface area contributed by atoms with Crippen LogP contribution in [0, 0.1) is 10.1 Å². The molecule has 0 atom stereocenters. The fourth-order valence-corrected chi connectivity index (χ4v) is 1.47. The number of non-ortho nitro benzene ring substituents is 1. The molecule has 0 saturated heterocycles. The van der Waals surface area contributed by atoms with E-state index in [0.717, 1.165) is 0 Å². The van der Waals surface area contributed by atoms with Crippen LogP contribution < -0.4 is 10.1 Å². The maximum atomic E-state index is 10.9. The quantitative estimate of drug-likeness (QED) is 0.615. The summed E-state index contributed by atoms with van der Waals surface area (Å²) >= 11 is 0. The molecule has 1 aromatic rings. The van der Waals surface area contributed by atoms with Crippen molar-refractivity contribution in [1.29, 1.82) is 0 Å². The van der Waals surface area contributed by atoms with Crippen LogP contribution in [0.2, 0.25) is 0 Å². The zero-order valence-electron chi connectivity index (χ0n) is 12.8. The van der Waals surface area contributed by atoms with Gasteiger partial charge in [-0.1, -0.05) is 0 Å². The fourth-order valence-electron chi connectivity index (χ4n) is 1.47. The average molecular weight is 281 g/mol. The molecule has 0 unspecified atom stereocenters. The van der Waals surface area contributed by atoms with E-state index in [4.69, 9.17) is 4.74 Å². The van der Waals surface area contributed by atoms with Crippen LogP contribution in [0.25, 0.3) is 0 Å². The van der Waals surface area contributed by atoms with Crippen molar-refractivity contribution < 1.29 is 9.66 Å². The number of nitro benzene ring substituents is 1. The second kappa shape index (κ2) is 6.56. The molecular formula is C14H23N3O3. The van der Waals surface area contributed by atoms with Crippen molar-refractivity contribution in [2.24, 2.45) is 0 Å². The molecule has 0 spiro atoms. The molecule has 20 heavy (non-hydrogen) atoms. The predicted octanol–water partition coefficient (Wildman–Crippen LogP) is 2.75. The van der Waals surface area contributed by atoms with Crippen LogP contribution in [0.4, 0.5) is 11.4 Å². The van der Waals surface area contributed by atoms with Gasteiger partial charge in [0.25, 0.3) is 5.69 Å². The van der Waals surface area contributed by atoms with Crippen LogP contribution in [0.1, 0.15) is 20.8 Å². The lowest BCUT2D eigenvalue weighted by atomic mass is 10.1.